The first-order chi connectivity index (χ1) is 14.8. The van der Waals surface area contributed by atoms with Crippen LogP contribution in [0.2, 0.25) is 0 Å². The largest absolute Gasteiger partial charge is 0.342 e. The number of rotatable bonds is 3. The van der Waals surface area contributed by atoms with Crippen molar-refractivity contribution in [2.45, 2.75) is 42.1 Å². The molecule has 2 aliphatic heterocycles. The van der Waals surface area contributed by atoms with Crippen LogP contribution in [-0.2, 0) is 4.79 Å². The summed E-state index contributed by atoms with van der Waals surface area (Å²) in [6, 6.07) is 20.1. The Morgan fingerprint density at radius 2 is 1.57 bits per heavy atom. The molecule has 1 fully saturated rings. The summed E-state index contributed by atoms with van der Waals surface area (Å²) < 4.78 is 1.93. The van der Waals surface area contributed by atoms with Gasteiger partial charge in [0.25, 0.3) is 0 Å². The summed E-state index contributed by atoms with van der Waals surface area (Å²) >= 11 is 1.52. The maximum Gasteiger partial charge on any atom is 0.238 e. The number of aromatic nitrogens is 3. The van der Waals surface area contributed by atoms with Crippen LogP contribution in [0.15, 0.2) is 65.8 Å². The standard InChI is InChI=1S/C23H25N5OS/c29-22(27-15-9-1-2-10-16-27)20-19(17-11-5-3-6-12-17)26-28-21(24-25-23(28)30-20)18-13-7-4-8-14-18/h3-8,11-14,19-20,26H,1-2,9-10,15-16H2/t19-,20+/m0/s1. The Morgan fingerprint density at radius 3 is 2.27 bits per heavy atom. The first kappa shape index (κ1) is 19.2. The number of nitrogens with one attached hydrogen (secondary N) is 1. The molecule has 2 atom stereocenters. The van der Waals surface area contributed by atoms with E-state index >= 15 is 0 Å². The molecule has 1 aromatic heterocycles. The van der Waals surface area contributed by atoms with Crippen LogP contribution in [0.25, 0.3) is 11.4 Å². The van der Waals surface area contributed by atoms with Gasteiger partial charge in [0.2, 0.25) is 11.1 Å². The number of benzene rings is 2. The Labute approximate surface area is 180 Å². The van der Waals surface area contributed by atoms with E-state index in [4.69, 9.17) is 0 Å². The summed E-state index contributed by atoms with van der Waals surface area (Å²) in [5.41, 5.74) is 5.66. The highest BCUT2D eigenvalue weighted by atomic mass is 32.2. The molecule has 0 bridgehead atoms. The van der Waals surface area contributed by atoms with Gasteiger partial charge in [-0.15, -0.1) is 10.2 Å². The number of fused-ring (bicyclic) bond motifs is 1. The van der Waals surface area contributed by atoms with E-state index in [2.05, 4.69) is 27.8 Å². The van der Waals surface area contributed by atoms with Gasteiger partial charge in [0, 0.05) is 18.7 Å². The first-order valence-electron chi connectivity index (χ1n) is 10.6. The van der Waals surface area contributed by atoms with E-state index in [1.54, 1.807) is 0 Å². The van der Waals surface area contributed by atoms with Crippen LogP contribution in [0.3, 0.4) is 0 Å². The fourth-order valence-corrected chi connectivity index (χ4v) is 5.36. The molecular formula is C23H25N5OS. The quantitative estimate of drug-likeness (QED) is 0.692. The molecule has 30 heavy (non-hydrogen) atoms. The number of thioether (sulfide) groups is 1. The predicted molar refractivity (Wildman–Crippen MR) is 119 cm³/mol. The van der Waals surface area contributed by atoms with Gasteiger partial charge >= 0.3 is 0 Å². The van der Waals surface area contributed by atoms with Crippen molar-refractivity contribution < 1.29 is 4.79 Å². The van der Waals surface area contributed by atoms with Gasteiger partial charge in [-0.2, -0.15) is 0 Å². The zero-order chi connectivity index (χ0) is 20.3. The van der Waals surface area contributed by atoms with Crippen LogP contribution in [0.1, 0.15) is 37.3 Å². The highest BCUT2D eigenvalue weighted by Gasteiger charge is 2.39. The second-order valence-electron chi connectivity index (χ2n) is 7.80. The van der Waals surface area contributed by atoms with Gasteiger partial charge in [0.1, 0.15) is 5.25 Å². The van der Waals surface area contributed by atoms with E-state index in [-0.39, 0.29) is 17.2 Å². The summed E-state index contributed by atoms with van der Waals surface area (Å²) in [6.45, 7) is 1.69. The number of carbonyl (C=O) groups is 1. The molecule has 2 aromatic carbocycles. The maximum atomic E-state index is 13.6. The fraction of sp³-hybridized carbons (Fsp3) is 0.348. The Balaban J connectivity index is 1.51. The Kier molecular flexibility index (Phi) is 5.45. The molecule has 1 N–H and O–H groups in total. The van der Waals surface area contributed by atoms with Gasteiger partial charge in [-0.1, -0.05) is 85.3 Å². The van der Waals surface area contributed by atoms with Crippen molar-refractivity contribution in [1.29, 1.82) is 0 Å². The van der Waals surface area contributed by atoms with E-state index < -0.39 is 0 Å². The van der Waals surface area contributed by atoms with Crippen molar-refractivity contribution in [3.05, 3.63) is 66.2 Å². The van der Waals surface area contributed by atoms with E-state index in [9.17, 15) is 4.79 Å². The third-order valence-electron chi connectivity index (χ3n) is 5.79. The van der Waals surface area contributed by atoms with Crippen LogP contribution in [0, 0.1) is 0 Å². The van der Waals surface area contributed by atoms with Crippen molar-refractivity contribution in [1.82, 2.24) is 19.8 Å². The number of hydrogen-bond donors (Lipinski definition) is 1. The molecule has 0 aliphatic carbocycles. The van der Waals surface area contributed by atoms with Gasteiger partial charge in [-0.05, 0) is 18.4 Å². The normalized spacial score (nSPS) is 21.4. The van der Waals surface area contributed by atoms with Crippen LogP contribution in [-0.4, -0.2) is 44.0 Å². The highest BCUT2D eigenvalue weighted by Crippen LogP contribution is 2.39. The lowest BCUT2D eigenvalue weighted by atomic mass is 10.0. The number of hydrogen-bond acceptors (Lipinski definition) is 5. The minimum atomic E-state index is -0.272. The van der Waals surface area contributed by atoms with E-state index in [0.717, 1.165) is 48.0 Å². The monoisotopic (exact) mass is 419 g/mol. The average Bonchev–Trinajstić information content (AvgIpc) is 3.02. The number of amides is 1. The van der Waals surface area contributed by atoms with Crippen LogP contribution in [0.5, 0.6) is 0 Å². The van der Waals surface area contributed by atoms with Gasteiger partial charge < -0.3 is 10.3 Å². The molecule has 0 saturated carbocycles. The SMILES string of the molecule is O=C([C@@H]1Sc2nnc(-c3ccccc3)n2N[C@H]1c1ccccc1)N1CCCCCC1. The molecule has 1 amide bonds. The van der Waals surface area contributed by atoms with E-state index in [1.807, 2.05) is 58.1 Å². The summed E-state index contributed by atoms with van der Waals surface area (Å²) in [4.78, 5) is 15.6. The summed E-state index contributed by atoms with van der Waals surface area (Å²) in [5.74, 6) is 0.957. The molecule has 0 radical (unpaired) electrons. The number of nitrogens with zero attached hydrogens (tertiary/aromatic N) is 4. The Morgan fingerprint density at radius 1 is 0.900 bits per heavy atom. The van der Waals surface area contributed by atoms with E-state index in [1.165, 1.54) is 24.6 Å². The van der Waals surface area contributed by atoms with Gasteiger partial charge in [0.05, 0.1) is 6.04 Å². The van der Waals surface area contributed by atoms with Gasteiger partial charge in [-0.25, -0.2) is 4.68 Å². The topological polar surface area (TPSA) is 63.1 Å². The average molecular weight is 420 g/mol. The predicted octanol–water partition coefficient (Wildman–Crippen LogP) is 4.11. The summed E-state index contributed by atoms with van der Waals surface area (Å²) in [7, 11) is 0. The molecule has 7 heteroatoms. The van der Waals surface area contributed by atoms with Crippen LogP contribution >= 0.6 is 11.8 Å². The van der Waals surface area contributed by atoms with Crippen LogP contribution in [0.4, 0.5) is 0 Å². The maximum absolute atomic E-state index is 13.6. The second kappa shape index (κ2) is 8.52. The molecular weight excluding hydrogens is 394 g/mol. The molecule has 6 nitrogen and oxygen atoms in total. The Bertz CT molecular complexity index is 999. The van der Waals surface area contributed by atoms with Crippen molar-refractivity contribution >= 4 is 17.7 Å². The molecule has 154 valence electrons. The molecule has 0 unspecified atom stereocenters. The third kappa shape index (κ3) is 3.69. The number of carbonyl (C=O) groups excluding carboxylic acids is 1. The molecule has 2 aliphatic rings. The van der Waals surface area contributed by atoms with Gasteiger partial charge in [0.15, 0.2) is 5.82 Å². The van der Waals surface area contributed by atoms with Crippen molar-refractivity contribution in [2.24, 2.45) is 0 Å². The zero-order valence-electron chi connectivity index (χ0n) is 16.8. The molecule has 5 rings (SSSR count). The molecule has 3 heterocycles. The lowest BCUT2D eigenvalue weighted by Gasteiger charge is -2.35. The highest BCUT2D eigenvalue weighted by molar-refractivity contribution is 8.00. The lowest BCUT2D eigenvalue weighted by molar-refractivity contribution is -0.131. The smallest absolute Gasteiger partial charge is 0.238 e. The zero-order valence-corrected chi connectivity index (χ0v) is 17.6. The van der Waals surface area contributed by atoms with Gasteiger partial charge in [-0.3, -0.25) is 4.79 Å². The second-order valence-corrected chi connectivity index (χ2v) is 8.91. The number of likely N-dealkylation sites (tertiary alicyclic amines) is 1. The molecule has 0 spiro atoms. The van der Waals surface area contributed by atoms with Crippen molar-refractivity contribution in [3.63, 3.8) is 0 Å². The molecule has 3 aromatic rings. The lowest BCUT2D eigenvalue weighted by Crippen LogP contribution is -2.46. The minimum Gasteiger partial charge on any atom is -0.342 e. The first-order valence-corrected chi connectivity index (χ1v) is 11.5. The summed E-state index contributed by atoms with van der Waals surface area (Å²) in [5, 5.41) is 9.28. The molecule has 1 saturated heterocycles. The Hall–Kier alpha value is -2.80. The fourth-order valence-electron chi connectivity index (χ4n) is 4.20. The van der Waals surface area contributed by atoms with Crippen molar-refractivity contribution in [3.8, 4) is 11.4 Å². The van der Waals surface area contributed by atoms with Crippen LogP contribution < -0.4 is 5.43 Å². The van der Waals surface area contributed by atoms with E-state index in [0.29, 0.717) is 0 Å². The van der Waals surface area contributed by atoms with Crippen molar-refractivity contribution in [2.75, 3.05) is 18.5 Å². The summed E-state index contributed by atoms with van der Waals surface area (Å²) in [6.07, 6.45) is 4.58. The minimum absolute atomic E-state index is 0.155. The third-order valence-corrected chi connectivity index (χ3v) is 6.99.